The fourth-order valence-electron chi connectivity index (χ4n) is 2.91. The highest BCUT2D eigenvalue weighted by atomic mass is 79.9. The van der Waals surface area contributed by atoms with Gasteiger partial charge in [0.2, 0.25) is 0 Å². The van der Waals surface area contributed by atoms with Gasteiger partial charge in [-0.05, 0) is 72.2 Å². The van der Waals surface area contributed by atoms with Crippen LogP contribution < -0.4 is 10.2 Å². The zero-order valence-corrected chi connectivity index (χ0v) is 16.9. The summed E-state index contributed by atoms with van der Waals surface area (Å²) in [6.07, 6.45) is 1.66. The maximum Gasteiger partial charge on any atom is 0.272 e. The summed E-state index contributed by atoms with van der Waals surface area (Å²) in [5.74, 6) is 0.556. The van der Waals surface area contributed by atoms with E-state index >= 15 is 0 Å². The second-order valence-corrected chi connectivity index (χ2v) is 6.89. The monoisotopic (exact) mass is 425 g/mol. The molecule has 6 heteroatoms. The molecule has 1 N–H and O–H groups in total. The van der Waals surface area contributed by atoms with Crippen molar-refractivity contribution in [1.29, 1.82) is 0 Å². The molecule has 2 aromatic carbocycles. The minimum absolute atomic E-state index is 0.261. The number of methoxy groups -OCH3 is 1. The summed E-state index contributed by atoms with van der Waals surface area (Å²) in [7, 11) is 1.65. The molecule has 0 aliphatic rings. The predicted molar refractivity (Wildman–Crippen MR) is 111 cm³/mol. The molecule has 0 saturated carbocycles. The van der Waals surface area contributed by atoms with Crippen molar-refractivity contribution in [3.63, 3.8) is 0 Å². The zero-order chi connectivity index (χ0) is 19.4. The van der Waals surface area contributed by atoms with E-state index in [9.17, 15) is 4.79 Å². The third-order valence-corrected chi connectivity index (χ3v) is 4.98. The van der Waals surface area contributed by atoms with E-state index in [-0.39, 0.29) is 5.91 Å². The minimum Gasteiger partial charge on any atom is -0.497 e. The SMILES string of the molecule is COc1ccc(-n2c(C)cc(/C=N/NC(=O)c3ccccc3Br)c2C)cc1. The predicted octanol–water partition coefficient (Wildman–Crippen LogP) is 4.63. The molecule has 0 unspecified atom stereocenters. The lowest BCUT2D eigenvalue weighted by atomic mass is 10.2. The van der Waals surface area contributed by atoms with E-state index in [0.717, 1.165) is 32.9 Å². The molecule has 0 atom stereocenters. The van der Waals surface area contributed by atoms with Gasteiger partial charge in [0.25, 0.3) is 5.91 Å². The molecule has 0 fully saturated rings. The van der Waals surface area contributed by atoms with E-state index in [4.69, 9.17) is 4.74 Å². The molecule has 1 heterocycles. The van der Waals surface area contributed by atoms with Crippen LogP contribution >= 0.6 is 15.9 Å². The van der Waals surface area contributed by atoms with E-state index in [1.54, 1.807) is 19.4 Å². The fourth-order valence-corrected chi connectivity index (χ4v) is 3.38. The van der Waals surface area contributed by atoms with Gasteiger partial charge in [0.15, 0.2) is 0 Å². The number of amides is 1. The summed E-state index contributed by atoms with van der Waals surface area (Å²) in [6.45, 7) is 4.06. The number of hydrogen-bond acceptors (Lipinski definition) is 3. The largest absolute Gasteiger partial charge is 0.497 e. The van der Waals surface area contributed by atoms with Crippen molar-refractivity contribution in [2.75, 3.05) is 7.11 Å². The summed E-state index contributed by atoms with van der Waals surface area (Å²) in [4.78, 5) is 12.2. The van der Waals surface area contributed by atoms with Crippen molar-refractivity contribution in [1.82, 2.24) is 9.99 Å². The van der Waals surface area contributed by atoms with Gasteiger partial charge >= 0.3 is 0 Å². The highest BCUT2D eigenvalue weighted by Crippen LogP contribution is 2.22. The van der Waals surface area contributed by atoms with Gasteiger partial charge in [-0.2, -0.15) is 5.10 Å². The maximum absolute atomic E-state index is 12.2. The average Bonchev–Trinajstić information content (AvgIpc) is 2.95. The van der Waals surface area contributed by atoms with Gasteiger partial charge in [-0.25, -0.2) is 5.43 Å². The van der Waals surface area contributed by atoms with E-state index < -0.39 is 0 Å². The second-order valence-electron chi connectivity index (χ2n) is 6.04. The van der Waals surface area contributed by atoms with E-state index in [1.165, 1.54) is 0 Å². The lowest BCUT2D eigenvalue weighted by molar-refractivity contribution is 0.0954. The first-order valence-electron chi connectivity index (χ1n) is 8.42. The number of aryl methyl sites for hydroxylation is 1. The number of nitrogens with zero attached hydrogens (tertiary/aromatic N) is 2. The molecule has 0 bridgehead atoms. The van der Waals surface area contributed by atoms with Gasteiger partial charge in [-0.15, -0.1) is 0 Å². The number of carbonyl (C=O) groups excluding carboxylic acids is 1. The third-order valence-electron chi connectivity index (χ3n) is 4.29. The molecule has 27 heavy (non-hydrogen) atoms. The number of carbonyl (C=O) groups is 1. The smallest absolute Gasteiger partial charge is 0.272 e. The Morgan fingerprint density at radius 1 is 1.15 bits per heavy atom. The third kappa shape index (κ3) is 4.11. The molecular weight excluding hydrogens is 406 g/mol. The van der Waals surface area contributed by atoms with Crippen LogP contribution in [0.3, 0.4) is 0 Å². The summed E-state index contributed by atoms with van der Waals surface area (Å²) in [5, 5.41) is 4.12. The van der Waals surface area contributed by atoms with Gasteiger partial charge in [0, 0.05) is 27.1 Å². The van der Waals surface area contributed by atoms with Crippen LogP contribution in [-0.4, -0.2) is 23.8 Å². The Balaban J connectivity index is 1.79. The number of nitrogens with one attached hydrogen (secondary N) is 1. The van der Waals surface area contributed by atoms with Crippen molar-refractivity contribution >= 4 is 28.1 Å². The Hall–Kier alpha value is -2.86. The number of aromatic nitrogens is 1. The van der Waals surface area contributed by atoms with Gasteiger partial charge in [-0.3, -0.25) is 4.79 Å². The lowest BCUT2D eigenvalue weighted by Gasteiger charge is -2.10. The molecule has 138 valence electrons. The summed E-state index contributed by atoms with van der Waals surface area (Å²) in [6, 6.07) is 17.1. The van der Waals surface area contributed by atoms with Crippen LogP contribution in [0.25, 0.3) is 5.69 Å². The first-order chi connectivity index (χ1) is 13.0. The molecule has 1 aromatic heterocycles. The highest BCUT2D eigenvalue weighted by Gasteiger charge is 2.11. The molecule has 0 aliphatic carbocycles. The van der Waals surface area contributed by atoms with Crippen molar-refractivity contribution in [3.8, 4) is 11.4 Å². The summed E-state index contributed by atoms with van der Waals surface area (Å²) in [5.41, 5.74) is 7.22. The van der Waals surface area contributed by atoms with Crippen molar-refractivity contribution < 1.29 is 9.53 Å². The topological polar surface area (TPSA) is 55.6 Å². The van der Waals surface area contributed by atoms with Gasteiger partial charge in [-0.1, -0.05) is 12.1 Å². The molecule has 5 nitrogen and oxygen atoms in total. The number of hydrogen-bond donors (Lipinski definition) is 1. The number of benzene rings is 2. The second kappa shape index (κ2) is 8.22. The molecule has 3 rings (SSSR count). The number of hydrazone groups is 1. The van der Waals surface area contributed by atoms with Crippen LogP contribution in [0, 0.1) is 13.8 Å². The van der Waals surface area contributed by atoms with Crippen LogP contribution in [0.2, 0.25) is 0 Å². The van der Waals surface area contributed by atoms with E-state index in [0.29, 0.717) is 5.56 Å². The van der Waals surface area contributed by atoms with Crippen LogP contribution in [-0.2, 0) is 0 Å². The Labute approximate surface area is 166 Å². The molecule has 0 spiro atoms. The van der Waals surface area contributed by atoms with Gasteiger partial charge in [0.1, 0.15) is 5.75 Å². The van der Waals surface area contributed by atoms with Gasteiger partial charge in [0.05, 0.1) is 18.9 Å². The Morgan fingerprint density at radius 2 is 1.85 bits per heavy atom. The fraction of sp³-hybridized carbons (Fsp3) is 0.143. The Kier molecular flexibility index (Phi) is 5.76. The summed E-state index contributed by atoms with van der Waals surface area (Å²) >= 11 is 3.37. The van der Waals surface area contributed by atoms with Crippen molar-refractivity contribution in [3.05, 3.63) is 81.6 Å². The molecule has 0 saturated heterocycles. The molecule has 3 aromatic rings. The van der Waals surface area contributed by atoms with E-state index in [2.05, 4.69) is 31.0 Å². The van der Waals surface area contributed by atoms with Crippen molar-refractivity contribution in [2.24, 2.45) is 5.10 Å². The number of ether oxygens (including phenoxy) is 1. The normalized spacial score (nSPS) is 11.0. The van der Waals surface area contributed by atoms with Crippen LogP contribution in [0.4, 0.5) is 0 Å². The first kappa shape index (κ1) is 18.9. The quantitative estimate of drug-likeness (QED) is 0.478. The summed E-state index contributed by atoms with van der Waals surface area (Å²) < 4.78 is 8.08. The molecule has 0 radical (unpaired) electrons. The van der Waals surface area contributed by atoms with Crippen LogP contribution in [0.15, 0.2) is 64.2 Å². The van der Waals surface area contributed by atoms with Crippen LogP contribution in [0.1, 0.15) is 27.3 Å². The molecule has 1 amide bonds. The first-order valence-corrected chi connectivity index (χ1v) is 9.22. The highest BCUT2D eigenvalue weighted by molar-refractivity contribution is 9.10. The Morgan fingerprint density at radius 3 is 2.52 bits per heavy atom. The number of halogens is 1. The van der Waals surface area contributed by atoms with Crippen LogP contribution in [0.5, 0.6) is 5.75 Å². The maximum atomic E-state index is 12.2. The lowest BCUT2D eigenvalue weighted by Crippen LogP contribution is -2.18. The van der Waals surface area contributed by atoms with E-state index in [1.807, 2.05) is 62.4 Å². The Bertz CT molecular complexity index is 991. The average molecular weight is 426 g/mol. The minimum atomic E-state index is -0.261. The standard InChI is InChI=1S/C21H20BrN3O2/c1-14-12-16(13-23-24-21(26)19-6-4-5-7-20(19)22)15(2)25(14)17-8-10-18(27-3)11-9-17/h4-13H,1-3H3,(H,24,26)/b23-13+. The zero-order valence-electron chi connectivity index (χ0n) is 15.4. The molecular formula is C21H20BrN3O2. The van der Waals surface area contributed by atoms with Crippen molar-refractivity contribution in [2.45, 2.75) is 13.8 Å². The molecule has 0 aliphatic heterocycles. The van der Waals surface area contributed by atoms with Gasteiger partial charge < -0.3 is 9.30 Å². The number of rotatable bonds is 5.